The first-order valence-corrected chi connectivity index (χ1v) is 6.54. The van der Waals surface area contributed by atoms with Crippen LogP contribution >= 0.6 is 0 Å². The molecular formula is C16H15N3O2. The zero-order chi connectivity index (χ0) is 15.0. The lowest BCUT2D eigenvalue weighted by Crippen LogP contribution is -2.07. The summed E-state index contributed by atoms with van der Waals surface area (Å²) in [5, 5.41) is 2.24. The molecule has 0 saturated heterocycles. The van der Waals surface area contributed by atoms with Gasteiger partial charge in [-0.25, -0.2) is 9.78 Å². The van der Waals surface area contributed by atoms with Gasteiger partial charge in [-0.2, -0.15) is 0 Å². The second kappa shape index (κ2) is 4.94. The van der Waals surface area contributed by atoms with Crippen LogP contribution in [0.1, 0.15) is 16.3 Å². The molecule has 21 heavy (non-hydrogen) atoms. The van der Waals surface area contributed by atoms with E-state index in [-0.39, 0.29) is 11.5 Å². The molecular weight excluding hydrogens is 266 g/mol. The van der Waals surface area contributed by atoms with Crippen LogP contribution in [0, 0.1) is 6.92 Å². The van der Waals surface area contributed by atoms with Gasteiger partial charge in [0.15, 0.2) is 5.69 Å². The summed E-state index contributed by atoms with van der Waals surface area (Å²) in [5.41, 5.74) is 7.07. The summed E-state index contributed by atoms with van der Waals surface area (Å²) in [6, 6.07) is 14.0. The first kappa shape index (κ1) is 13.2. The van der Waals surface area contributed by atoms with Gasteiger partial charge >= 0.3 is 5.97 Å². The van der Waals surface area contributed by atoms with Gasteiger partial charge in [-0.3, -0.25) is 4.57 Å². The van der Waals surface area contributed by atoms with Crippen LogP contribution in [0.2, 0.25) is 0 Å². The topological polar surface area (TPSA) is 70.1 Å². The molecule has 5 heteroatoms. The summed E-state index contributed by atoms with van der Waals surface area (Å²) in [5.74, 6) is 0.396. The van der Waals surface area contributed by atoms with Crippen LogP contribution in [0.4, 0.5) is 5.82 Å². The molecule has 0 radical (unpaired) electrons. The molecule has 0 atom stereocenters. The van der Waals surface area contributed by atoms with Gasteiger partial charge in [0, 0.05) is 5.69 Å². The number of carbonyl (C=O) groups is 1. The maximum Gasteiger partial charge on any atom is 0.360 e. The fourth-order valence-corrected chi connectivity index (χ4v) is 2.44. The van der Waals surface area contributed by atoms with Gasteiger partial charge in [-0.1, -0.05) is 30.3 Å². The fourth-order valence-electron chi connectivity index (χ4n) is 2.44. The minimum Gasteiger partial charge on any atom is -0.464 e. The standard InChI is InChI=1S/C16H15N3O2/c1-10-18-14(16(20)21-2)15(17)19(10)13-8-7-11-5-3-4-6-12(11)9-13/h3-9H,17H2,1-2H3. The molecule has 2 aromatic carbocycles. The number of nitrogens with zero attached hydrogens (tertiary/aromatic N) is 2. The molecule has 106 valence electrons. The van der Waals surface area contributed by atoms with Crippen LogP contribution in [-0.2, 0) is 4.74 Å². The van der Waals surface area contributed by atoms with E-state index >= 15 is 0 Å². The molecule has 0 saturated carbocycles. The SMILES string of the molecule is COC(=O)c1nc(C)n(-c2ccc3ccccc3c2)c1N. The zero-order valence-corrected chi connectivity index (χ0v) is 11.8. The second-order valence-electron chi connectivity index (χ2n) is 4.75. The third-order valence-corrected chi connectivity index (χ3v) is 3.45. The highest BCUT2D eigenvalue weighted by atomic mass is 16.5. The van der Waals surface area contributed by atoms with Crippen LogP contribution in [0.5, 0.6) is 0 Å². The first-order chi connectivity index (χ1) is 10.1. The molecule has 1 heterocycles. The molecule has 3 aromatic rings. The fraction of sp³-hybridized carbons (Fsp3) is 0.125. The average Bonchev–Trinajstić information content (AvgIpc) is 2.81. The maximum absolute atomic E-state index is 11.7. The van der Waals surface area contributed by atoms with Crippen LogP contribution in [0.3, 0.4) is 0 Å². The molecule has 0 aliphatic rings. The number of benzene rings is 2. The number of anilines is 1. The normalized spacial score (nSPS) is 10.8. The summed E-state index contributed by atoms with van der Waals surface area (Å²) in [4.78, 5) is 15.9. The quantitative estimate of drug-likeness (QED) is 0.733. The van der Waals surface area contributed by atoms with Crippen LogP contribution in [0.15, 0.2) is 42.5 Å². The molecule has 0 aliphatic carbocycles. The van der Waals surface area contributed by atoms with E-state index in [2.05, 4.69) is 4.98 Å². The van der Waals surface area contributed by atoms with Crippen molar-refractivity contribution in [3.63, 3.8) is 0 Å². The number of nitrogens with two attached hydrogens (primary N) is 1. The molecule has 2 N–H and O–H groups in total. The van der Waals surface area contributed by atoms with Crippen molar-refractivity contribution in [1.82, 2.24) is 9.55 Å². The number of aromatic nitrogens is 2. The van der Waals surface area contributed by atoms with Crippen molar-refractivity contribution < 1.29 is 9.53 Å². The smallest absolute Gasteiger partial charge is 0.360 e. The first-order valence-electron chi connectivity index (χ1n) is 6.54. The van der Waals surface area contributed by atoms with E-state index in [1.807, 2.05) is 42.5 Å². The van der Waals surface area contributed by atoms with Crippen LogP contribution in [0.25, 0.3) is 16.5 Å². The molecule has 0 bridgehead atoms. The second-order valence-corrected chi connectivity index (χ2v) is 4.75. The highest BCUT2D eigenvalue weighted by Gasteiger charge is 2.20. The van der Waals surface area contributed by atoms with Gasteiger partial charge in [0.1, 0.15) is 11.6 Å². The van der Waals surface area contributed by atoms with E-state index in [1.165, 1.54) is 7.11 Å². The van der Waals surface area contributed by atoms with E-state index in [9.17, 15) is 4.79 Å². The highest BCUT2D eigenvalue weighted by molar-refractivity contribution is 5.93. The Balaban J connectivity index is 2.18. The summed E-state index contributed by atoms with van der Waals surface area (Å²) in [7, 11) is 1.31. The number of aryl methyl sites for hydroxylation is 1. The van der Waals surface area contributed by atoms with Crippen LogP contribution in [-0.4, -0.2) is 22.6 Å². The zero-order valence-electron chi connectivity index (χ0n) is 11.8. The van der Waals surface area contributed by atoms with Crippen molar-refractivity contribution in [2.45, 2.75) is 6.92 Å². The summed E-state index contributed by atoms with van der Waals surface area (Å²) in [6.07, 6.45) is 0. The number of ether oxygens (including phenoxy) is 1. The number of hydrogen-bond donors (Lipinski definition) is 1. The Kier molecular flexibility index (Phi) is 3.10. The number of nitrogen functional groups attached to an aromatic ring is 1. The minimum atomic E-state index is -0.532. The molecule has 0 fully saturated rings. The molecule has 5 nitrogen and oxygen atoms in total. The van der Waals surface area contributed by atoms with E-state index in [0.717, 1.165) is 16.5 Å². The lowest BCUT2D eigenvalue weighted by atomic mass is 10.1. The van der Waals surface area contributed by atoms with E-state index < -0.39 is 5.97 Å². The van der Waals surface area contributed by atoms with E-state index in [0.29, 0.717) is 5.82 Å². The Labute approximate surface area is 122 Å². The van der Waals surface area contributed by atoms with Crippen molar-refractivity contribution in [3.8, 4) is 5.69 Å². The number of methoxy groups -OCH3 is 1. The van der Waals surface area contributed by atoms with Gasteiger partial charge in [-0.05, 0) is 29.8 Å². The minimum absolute atomic E-state index is 0.142. The Hall–Kier alpha value is -2.82. The third-order valence-electron chi connectivity index (χ3n) is 3.45. The van der Waals surface area contributed by atoms with Crippen molar-refractivity contribution in [2.24, 2.45) is 0 Å². The Morgan fingerprint density at radius 3 is 2.62 bits per heavy atom. The Morgan fingerprint density at radius 2 is 1.90 bits per heavy atom. The Bertz CT molecular complexity index is 837. The van der Waals surface area contributed by atoms with E-state index in [4.69, 9.17) is 10.5 Å². The van der Waals surface area contributed by atoms with Gasteiger partial charge in [-0.15, -0.1) is 0 Å². The monoisotopic (exact) mass is 281 g/mol. The van der Waals surface area contributed by atoms with Crippen molar-refractivity contribution >= 4 is 22.6 Å². The number of imidazole rings is 1. The van der Waals surface area contributed by atoms with Crippen molar-refractivity contribution in [3.05, 3.63) is 54.0 Å². The molecule has 1 aromatic heterocycles. The van der Waals surface area contributed by atoms with Crippen molar-refractivity contribution in [2.75, 3.05) is 12.8 Å². The van der Waals surface area contributed by atoms with Crippen molar-refractivity contribution in [1.29, 1.82) is 0 Å². The predicted molar refractivity (Wildman–Crippen MR) is 81.6 cm³/mol. The molecule has 0 unspecified atom stereocenters. The van der Waals surface area contributed by atoms with Gasteiger partial charge in [0.05, 0.1) is 7.11 Å². The molecule has 0 spiro atoms. The van der Waals surface area contributed by atoms with Gasteiger partial charge < -0.3 is 10.5 Å². The van der Waals surface area contributed by atoms with Gasteiger partial charge in [0.25, 0.3) is 0 Å². The summed E-state index contributed by atoms with van der Waals surface area (Å²) in [6.45, 7) is 1.80. The number of fused-ring (bicyclic) bond motifs is 1. The molecule has 0 aliphatic heterocycles. The van der Waals surface area contributed by atoms with Gasteiger partial charge in [0.2, 0.25) is 0 Å². The molecule has 3 rings (SSSR count). The number of carbonyl (C=O) groups excluding carboxylic acids is 1. The largest absolute Gasteiger partial charge is 0.464 e. The average molecular weight is 281 g/mol. The van der Waals surface area contributed by atoms with E-state index in [1.54, 1.807) is 11.5 Å². The predicted octanol–water partition coefficient (Wildman–Crippen LogP) is 2.70. The lowest BCUT2D eigenvalue weighted by Gasteiger charge is -2.09. The number of hydrogen-bond acceptors (Lipinski definition) is 4. The molecule has 0 amide bonds. The maximum atomic E-state index is 11.7. The van der Waals surface area contributed by atoms with Crippen LogP contribution < -0.4 is 5.73 Å². The summed E-state index contributed by atoms with van der Waals surface area (Å²) < 4.78 is 6.45. The number of rotatable bonds is 2. The lowest BCUT2D eigenvalue weighted by molar-refractivity contribution is 0.0596. The number of esters is 1. The highest BCUT2D eigenvalue weighted by Crippen LogP contribution is 2.24. The summed E-state index contributed by atoms with van der Waals surface area (Å²) >= 11 is 0. The Morgan fingerprint density at radius 1 is 1.19 bits per heavy atom. The third kappa shape index (κ3) is 2.12.